The molecule has 0 saturated heterocycles. The van der Waals surface area contributed by atoms with Crippen LogP contribution in [-0.4, -0.2) is 28.2 Å². The van der Waals surface area contributed by atoms with Gasteiger partial charge in [-0.25, -0.2) is 9.38 Å². The number of aromatic nitrogens is 2. The van der Waals surface area contributed by atoms with Gasteiger partial charge < -0.3 is 15.7 Å². The molecule has 4 rings (SSSR count). The Bertz CT molecular complexity index is 1030. The van der Waals surface area contributed by atoms with Crippen molar-refractivity contribution in [1.29, 1.82) is 0 Å². The van der Waals surface area contributed by atoms with E-state index in [1.165, 1.54) is 6.07 Å². The van der Waals surface area contributed by atoms with Gasteiger partial charge in [-0.05, 0) is 31.0 Å². The molecule has 8 heteroatoms. The third-order valence-electron chi connectivity index (χ3n) is 5.57. The molecule has 1 unspecified atom stereocenters. The standard InChI is InChI=1S/C21H24FN5OS/c1-11-12(2)26-27-20-16(11)17-18(29-20)19(25-10-24-17)23-8-13-5-6-14(7-15(13)22)21(3,4)9-28/h5-7,10,17,23,28H,8-9H2,1-4H3,(H,24,25). The molecule has 1 aromatic carbocycles. The molecule has 0 bridgehead atoms. The largest absolute Gasteiger partial charge is 0.395 e. The van der Waals surface area contributed by atoms with Gasteiger partial charge in [0, 0.05) is 23.1 Å². The van der Waals surface area contributed by atoms with Crippen LogP contribution >= 0.6 is 11.8 Å². The molecule has 0 fully saturated rings. The van der Waals surface area contributed by atoms with Crippen LogP contribution in [0.3, 0.4) is 0 Å². The lowest BCUT2D eigenvalue weighted by atomic mass is 9.85. The molecule has 1 atom stereocenters. The van der Waals surface area contributed by atoms with Gasteiger partial charge in [-0.1, -0.05) is 37.7 Å². The van der Waals surface area contributed by atoms with Crippen LogP contribution in [0.5, 0.6) is 0 Å². The average molecular weight is 414 g/mol. The molecule has 29 heavy (non-hydrogen) atoms. The van der Waals surface area contributed by atoms with Gasteiger partial charge in [-0.2, -0.15) is 5.10 Å². The van der Waals surface area contributed by atoms with E-state index in [9.17, 15) is 9.50 Å². The van der Waals surface area contributed by atoms with E-state index in [1.807, 2.05) is 26.8 Å². The van der Waals surface area contributed by atoms with Gasteiger partial charge in [-0.3, -0.25) is 0 Å². The number of hydrogen-bond acceptors (Lipinski definition) is 7. The van der Waals surface area contributed by atoms with E-state index >= 15 is 0 Å². The van der Waals surface area contributed by atoms with Crippen LogP contribution in [0.1, 0.15) is 47.8 Å². The molecular weight excluding hydrogens is 389 g/mol. The highest BCUT2D eigenvalue weighted by molar-refractivity contribution is 8.03. The number of hydrogen-bond donors (Lipinski definition) is 3. The molecule has 2 aliphatic rings. The SMILES string of the molecule is Cc1nnc2c(c1C)C1NC=NC(NCc3ccc(C(C)(C)CO)cc3F)=C1S2. The third kappa shape index (κ3) is 3.51. The van der Waals surface area contributed by atoms with Gasteiger partial charge in [0.1, 0.15) is 16.7 Å². The fraction of sp³-hybridized carbons (Fsp3) is 0.381. The van der Waals surface area contributed by atoms with E-state index in [4.69, 9.17) is 0 Å². The predicted molar refractivity (Wildman–Crippen MR) is 112 cm³/mol. The van der Waals surface area contributed by atoms with E-state index in [1.54, 1.807) is 24.2 Å². The molecule has 0 amide bonds. The average Bonchev–Trinajstić information content (AvgIpc) is 3.09. The van der Waals surface area contributed by atoms with Crippen LogP contribution in [0, 0.1) is 19.7 Å². The number of benzene rings is 1. The van der Waals surface area contributed by atoms with Gasteiger partial charge in [0.05, 0.1) is 29.6 Å². The van der Waals surface area contributed by atoms with Crippen molar-refractivity contribution in [3.05, 3.63) is 62.7 Å². The first kappa shape index (κ1) is 19.8. The number of fused-ring (bicyclic) bond motifs is 3. The Kier molecular flexibility index (Phi) is 5.08. The predicted octanol–water partition coefficient (Wildman–Crippen LogP) is 3.24. The first-order valence-electron chi connectivity index (χ1n) is 9.50. The summed E-state index contributed by atoms with van der Waals surface area (Å²) < 4.78 is 14.6. The summed E-state index contributed by atoms with van der Waals surface area (Å²) in [5, 5.41) is 25.5. The molecule has 0 spiro atoms. The highest BCUT2D eigenvalue weighted by Gasteiger charge is 2.35. The van der Waals surface area contributed by atoms with E-state index in [0.29, 0.717) is 17.9 Å². The van der Waals surface area contributed by atoms with E-state index in [0.717, 1.165) is 32.3 Å². The Balaban J connectivity index is 1.57. The molecule has 0 aliphatic carbocycles. The van der Waals surface area contributed by atoms with Gasteiger partial charge >= 0.3 is 0 Å². The number of thioether (sulfide) groups is 1. The quantitative estimate of drug-likeness (QED) is 0.698. The first-order valence-corrected chi connectivity index (χ1v) is 10.3. The Labute approximate surface area is 173 Å². The molecule has 3 heterocycles. The minimum atomic E-state index is -0.479. The summed E-state index contributed by atoms with van der Waals surface area (Å²) in [4.78, 5) is 5.45. The number of aliphatic hydroxyl groups excluding tert-OH is 1. The highest BCUT2D eigenvalue weighted by atomic mass is 32.2. The van der Waals surface area contributed by atoms with E-state index in [-0.39, 0.29) is 18.5 Å². The first-order chi connectivity index (χ1) is 13.8. The third-order valence-corrected chi connectivity index (χ3v) is 6.71. The zero-order valence-corrected chi connectivity index (χ0v) is 17.7. The lowest BCUT2D eigenvalue weighted by Gasteiger charge is -2.23. The molecule has 2 aromatic rings. The topological polar surface area (TPSA) is 82.4 Å². The number of aryl methyl sites for hydroxylation is 1. The normalized spacial score (nSPS) is 17.8. The monoisotopic (exact) mass is 413 g/mol. The Morgan fingerprint density at radius 2 is 2.07 bits per heavy atom. The summed E-state index contributed by atoms with van der Waals surface area (Å²) in [6.07, 6.45) is 1.67. The van der Waals surface area contributed by atoms with E-state index in [2.05, 4.69) is 32.7 Å². The molecule has 152 valence electrons. The second-order valence-corrected chi connectivity index (χ2v) is 9.03. The molecule has 6 nitrogen and oxygen atoms in total. The van der Waals surface area contributed by atoms with Crippen LogP contribution in [0.4, 0.5) is 4.39 Å². The van der Waals surface area contributed by atoms with Crippen LogP contribution in [-0.2, 0) is 12.0 Å². The van der Waals surface area contributed by atoms with Gasteiger partial charge in [0.25, 0.3) is 0 Å². The maximum Gasteiger partial charge on any atom is 0.140 e. The minimum absolute atomic E-state index is 0.0122. The Hall–Kier alpha value is -2.45. The van der Waals surface area contributed by atoms with Gasteiger partial charge in [-0.15, -0.1) is 5.10 Å². The Morgan fingerprint density at radius 1 is 1.28 bits per heavy atom. The maximum atomic E-state index is 14.6. The van der Waals surface area contributed by atoms with Crippen molar-refractivity contribution >= 4 is 18.1 Å². The summed E-state index contributed by atoms with van der Waals surface area (Å²) >= 11 is 1.54. The maximum absolute atomic E-state index is 14.6. The molecule has 2 aliphatic heterocycles. The number of nitrogens with zero attached hydrogens (tertiary/aromatic N) is 3. The summed E-state index contributed by atoms with van der Waals surface area (Å²) in [5.41, 5.74) is 4.01. The van der Waals surface area contributed by atoms with Crippen LogP contribution in [0.25, 0.3) is 0 Å². The molecule has 0 saturated carbocycles. The molecule has 0 radical (unpaired) electrons. The molecule has 1 aromatic heterocycles. The van der Waals surface area contributed by atoms with Crippen molar-refractivity contribution in [3.8, 4) is 0 Å². The summed E-state index contributed by atoms with van der Waals surface area (Å²) in [6, 6.07) is 5.12. The minimum Gasteiger partial charge on any atom is -0.395 e. The van der Waals surface area contributed by atoms with Crippen molar-refractivity contribution in [1.82, 2.24) is 20.8 Å². The second kappa shape index (κ2) is 7.42. The van der Waals surface area contributed by atoms with Crippen molar-refractivity contribution in [2.45, 2.75) is 50.7 Å². The summed E-state index contributed by atoms with van der Waals surface area (Å²) in [5.74, 6) is 0.421. The van der Waals surface area contributed by atoms with Crippen molar-refractivity contribution in [2.75, 3.05) is 6.61 Å². The number of aliphatic imine (C=N–C) groups is 1. The number of nitrogens with one attached hydrogen (secondary N) is 2. The fourth-order valence-corrected chi connectivity index (χ4v) is 4.61. The zero-order chi connectivity index (χ0) is 20.8. The van der Waals surface area contributed by atoms with Gasteiger partial charge in [0.2, 0.25) is 0 Å². The lowest BCUT2D eigenvalue weighted by molar-refractivity contribution is 0.218. The summed E-state index contributed by atoms with van der Waals surface area (Å²) in [7, 11) is 0. The van der Waals surface area contributed by atoms with Gasteiger partial charge in [0.15, 0.2) is 0 Å². The van der Waals surface area contributed by atoms with Crippen molar-refractivity contribution in [2.24, 2.45) is 4.99 Å². The molecular formula is C21H24FN5OS. The highest BCUT2D eigenvalue weighted by Crippen LogP contribution is 2.49. The zero-order valence-electron chi connectivity index (χ0n) is 16.9. The summed E-state index contributed by atoms with van der Waals surface area (Å²) in [6.45, 7) is 8.06. The van der Waals surface area contributed by atoms with Crippen LogP contribution in [0.15, 0.2) is 38.9 Å². The van der Waals surface area contributed by atoms with E-state index < -0.39 is 5.41 Å². The number of aliphatic hydroxyl groups is 1. The molecule has 3 N–H and O–H groups in total. The smallest absolute Gasteiger partial charge is 0.140 e. The number of rotatable bonds is 5. The number of halogens is 1. The second-order valence-electron chi connectivity index (χ2n) is 8.00. The van der Waals surface area contributed by atoms with Crippen LogP contribution in [0.2, 0.25) is 0 Å². The van der Waals surface area contributed by atoms with Crippen molar-refractivity contribution in [3.63, 3.8) is 0 Å². The Morgan fingerprint density at radius 3 is 2.79 bits per heavy atom. The van der Waals surface area contributed by atoms with Crippen LogP contribution < -0.4 is 10.6 Å². The fourth-order valence-electron chi connectivity index (χ4n) is 3.41. The lowest BCUT2D eigenvalue weighted by Crippen LogP contribution is -2.27. The van der Waals surface area contributed by atoms with Crippen molar-refractivity contribution < 1.29 is 9.50 Å².